The minimum absolute atomic E-state index is 0.00231. The van der Waals surface area contributed by atoms with Crippen LogP contribution in [0.2, 0.25) is 15.1 Å². The van der Waals surface area contributed by atoms with Gasteiger partial charge in [-0.1, -0.05) is 34.8 Å². The lowest BCUT2D eigenvalue weighted by Gasteiger charge is -2.11. The summed E-state index contributed by atoms with van der Waals surface area (Å²) < 4.78 is 11.1. The quantitative estimate of drug-likeness (QED) is 0.640. The normalized spacial score (nSPS) is 11.0. The molecular weight excluding hydrogens is 363 g/mol. The second-order valence-electron chi connectivity index (χ2n) is 4.80. The summed E-state index contributed by atoms with van der Waals surface area (Å²) in [4.78, 5) is 12.6. The molecule has 0 amide bonds. The Morgan fingerprint density at radius 1 is 1.04 bits per heavy atom. The first-order chi connectivity index (χ1) is 10.9. The standard InChI is InChI=1S/C16H9Cl3O4/c1-7-15(23-16-11(18)4-8(17)5-12(16)19)14(21)10-3-2-9(20)6-13(10)22-7/h2-6,20H,1H3. The molecule has 0 aliphatic heterocycles. The largest absolute Gasteiger partial charge is 0.508 e. The third kappa shape index (κ3) is 2.98. The molecule has 1 N–H and O–H groups in total. The lowest BCUT2D eigenvalue weighted by Crippen LogP contribution is -2.07. The van der Waals surface area contributed by atoms with E-state index in [4.69, 9.17) is 44.0 Å². The van der Waals surface area contributed by atoms with Crippen molar-refractivity contribution in [1.29, 1.82) is 0 Å². The minimum Gasteiger partial charge on any atom is -0.508 e. The van der Waals surface area contributed by atoms with Crippen LogP contribution in [0.25, 0.3) is 11.0 Å². The summed E-state index contributed by atoms with van der Waals surface area (Å²) in [5, 5.41) is 10.4. The van der Waals surface area contributed by atoms with Crippen molar-refractivity contribution in [1.82, 2.24) is 0 Å². The van der Waals surface area contributed by atoms with E-state index < -0.39 is 5.43 Å². The molecule has 0 unspecified atom stereocenters. The number of aryl methyl sites for hydroxylation is 1. The van der Waals surface area contributed by atoms with Gasteiger partial charge < -0.3 is 14.3 Å². The van der Waals surface area contributed by atoms with Crippen molar-refractivity contribution in [3.05, 3.63) is 61.4 Å². The molecule has 0 atom stereocenters. The SMILES string of the molecule is Cc1oc2cc(O)ccc2c(=O)c1Oc1c(Cl)cc(Cl)cc1Cl. The van der Waals surface area contributed by atoms with Gasteiger partial charge in [0.1, 0.15) is 17.1 Å². The first-order valence-corrected chi connectivity index (χ1v) is 7.59. The Labute approximate surface area is 145 Å². The van der Waals surface area contributed by atoms with E-state index in [1.807, 2.05) is 0 Å². The van der Waals surface area contributed by atoms with Gasteiger partial charge in [-0.05, 0) is 31.2 Å². The van der Waals surface area contributed by atoms with E-state index in [2.05, 4.69) is 0 Å². The molecule has 0 bridgehead atoms. The molecule has 1 heterocycles. The Kier molecular flexibility index (Phi) is 4.15. The van der Waals surface area contributed by atoms with Crippen LogP contribution in [0.5, 0.6) is 17.2 Å². The van der Waals surface area contributed by atoms with Gasteiger partial charge >= 0.3 is 0 Å². The molecule has 118 valence electrons. The number of hydrogen-bond acceptors (Lipinski definition) is 4. The molecule has 0 aliphatic carbocycles. The molecule has 0 aliphatic rings. The van der Waals surface area contributed by atoms with Crippen molar-refractivity contribution in [2.75, 3.05) is 0 Å². The van der Waals surface area contributed by atoms with E-state index in [9.17, 15) is 9.90 Å². The molecule has 0 saturated carbocycles. The third-order valence-electron chi connectivity index (χ3n) is 3.17. The molecule has 7 heteroatoms. The van der Waals surface area contributed by atoms with Crippen LogP contribution in [-0.2, 0) is 0 Å². The number of hydrogen-bond donors (Lipinski definition) is 1. The molecule has 0 radical (unpaired) electrons. The Balaban J connectivity index is 2.18. The Morgan fingerprint density at radius 3 is 2.35 bits per heavy atom. The summed E-state index contributed by atoms with van der Waals surface area (Å²) in [5.74, 6) is 0.313. The maximum atomic E-state index is 12.6. The monoisotopic (exact) mass is 370 g/mol. The van der Waals surface area contributed by atoms with Crippen molar-refractivity contribution in [2.24, 2.45) is 0 Å². The van der Waals surface area contributed by atoms with Crippen LogP contribution < -0.4 is 10.2 Å². The fourth-order valence-corrected chi connectivity index (χ4v) is 3.02. The smallest absolute Gasteiger partial charge is 0.235 e. The number of phenolic OH excluding ortho intramolecular Hbond substituents is 1. The van der Waals surface area contributed by atoms with E-state index in [1.165, 1.54) is 30.3 Å². The number of fused-ring (bicyclic) bond motifs is 1. The van der Waals surface area contributed by atoms with E-state index in [0.29, 0.717) is 5.02 Å². The maximum absolute atomic E-state index is 12.6. The van der Waals surface area contributed by atoms with Crippen LogP contribution in [0.3, 0.4) is 0 Å². The predicted octanol–water partition coefficient (Wildman–Crippen LogP) is 5.56. The molecule has 0 fully saturated rings. The number of benzene rings is 2. The molecule has 0 spiro atoms. The molecule has 23 heavy (non-hydrogen) atoms. The van der Waals surface area contributed by atoms with E-state index in [-0.39, 0.29) is 44.0 Å². The second-order valence-corrected chi connectivity index (χ2v) is 6.05. The zero-order valence-electron chi connectivity index (χ0n) is 11.7. The fraction of sp³-hybridized carbons (Fsp3) is 0.0625. The van der Waals surface area contributed by atoms with Crippen LogP contribution in [0, 0.1) is 6.92 Å². The van der Waals surface area contributed by atoms with Crippen molar-refractivity contribution in [2.45, 2.75) is 6.92 Å². The zero-order chi connectivity index (χ0) is 16.7. The first-order valence-electron chi connectivity index (χ1n) is 6.45. The summed E-state index contributed by atoms with van der Waals surface area (Å²) >= 11 is 18.0. The van der Waals surface area contributed by atoms with E-state index in [1.54, 1.807) is 6.92 Å². The van der Waals surface area contributed by atoms with Gasteiger partial charge in [0.2, 0.25) is 11.2 Å². The average molecular weight is 372 g/mol. The van der Waals surface area contributed by atoms with E-state index >= 15 is 0 Å². The number of phenols is 1. The lowest BCUT2D eigenvalue weighted by molar-refractivity contribution is 0.435. The van der Waals surface area contributed by atoms with Crippen molar-refractivity contribution < 1.29 is 14.3 Å². The summed E-state index contributed by atoms with van der Waals surface area (Å²) in [7, 11) is 0. The number of aromatic hydroxyl groups is 1. The Bertz CT molecular complexity index is 956. The number of halogens is 3. The fourth-order valence-electron chi connectivity index (χ4n) is 2.12. The van der Waals surface area contributed by atoms with Crippen molar-refractivity contribution in [3.63, 3.8) is 0 Å². The van der Waals surface area contributed by atoms with Crippen LogP contribution >= 0.6 is 34.8 Å². The molecule has 3 rings (SSSR count). The van der Waals surface area contributed by atoms with Gasteiger partial charge in [-0.15, -0.1) is 0 Å². The Morgan fingerprint density at radius 2 is 1.70 bits per heavy atom. The summed E-state index contributed by atoms with van der Waals surface area (Å²) in [6.45, 7) is 1.57. The van der Waals surface area contributed by atoms with Crippen LogP contribution in [0.4, 0.5) is 0 Å². The second kappa shape index (κ2) is 5.96. The van der Waals surface area contributed by atoms with Gasteiger partial charge in [-0.2, -0.15) is 0 Å². The molecule has 2 aromatic carbocycles. The molecule has 3 aromatic rings. The average Bonchev–Trinajstić information content (AvgIpc) is 2.45. The first kappa shape index (κ1) is 16.0. The van der Waals surface area contributed by atoms with Gasteiger partial charge in [0.25, 0.3) is 0 Å². The molecule has 0 saturated heterocycles. The van der Waals surface area contributed by atoms with Crippen molar-refractivity contribution in [3.8, 4) is 17.2 Å². The summed E-state index contributed by atoms with van der Waals surface area (Å²) in [6.07, 6.45) is 0. The highest BCUT2D eigenvalue weighted by molar-refractivity contribution is 6.40. The zero-order valence-corrected chi connectivity index (χ0v) is 14.0. The van der Waals surface area contributed by atoms with Gasteiger partial charge in [-0.3, -0.25) is 4.79 Å². The molecule has 1 aromatic heterocycles. The molecule has 4 nitrogen and oxygen atoms in total. The van der Waals surface area contributed by atoms with Gasteiger partial charge in [-0.25, -0.2) is 0 Å². The number of rotatable bonds is 2. The molecular formula is C16H9Cl3O4. The van der Waals surface area contributed by atoms with Crippen LogP contribution in [0.15, 0.2) is 39.5 Å². The highest BCUT2D eigenvalue weighted by Crippen LogP contribution is 2.39. The minimum atomic E-state index is -0.397. The van der Waals surface area contributed by atoms with Crippen LogP contribution in [-0.4, -0.2) is 5.11 Å². The predicted molar refractivity (Wildman–Crippen MR) is 90.4 cm³/mol. The topological polar surface area (TPSA) is 59.7 Å². The Hall–Kier alpha value is -1.88. The maximum Gasteiger partial charge on any atom is 0.235 e. The van der Waals surface area contributed by atoms with Gasteiger partial charge in [0.15, 0.2) is 5.75 Å². The third-order valence-corrected chi connectivity index (χ3v) is 3.95. The lowest BCUT2D eigenvalue weighted by atomic mass is 10.2. The van der Waals surface area contributed by atoms with Crippen molar-refractivity contribution >= 4 is 45.8 Å². The van der Waals surface area contributed by atoms with Gasteiger partial charge in [0.05, 0.1) is 15.4 Å². The highest BCUT2D eigenvalue weighted by atomic mass is 35.5. The summed E-state index contributed by atoms with van der Waals surface area (Å²) in [5.41, 5.74) is -0.140. The van der Waals surface area contributed by atoms with Crippen LogP contribution in [0.1, 0.15) is 5.76 Å². The number of ether oxygens (including phenoxy) is 1. The summed E-state index contributed by atoms with van der Waals surface area (Å²) in [6, 6.07) is 7.12. The van der Waals surface area contributed by atoms with E-state index in [0.717, 1.165) is 0 Å². The van der Waals surface area contributed by atoms with Gasteiger partial charge in [0, 0.05) is 11.1 Å². The highest BCUT2D eigenvalue weighted by Gasteiger charge is 2.18.